The number of aliphatic hydroxyl groups excluding tert-OH is 1. The summed E-state index contributed by atoms with van der Waals surface area (Å²) in [5.74, 6) is 1.37. The first-order chi connectivity index (χ1) is 8.90. The fraction of sp³-hybridized carbons (Fsp3) is 0.625. The Morgan fingerprint density at radius 1 is 1.21 bits per heavy atom. The van der Waals surface area contributed by atoms with Crippen molar-refractivity contribution in [2.75, 3.05) is 13.2 Å². The Kier molecular flexibility index (Phi) is 6.32. The minimum absolute atomic E-state index is 0.351. The van der Waals surface area contributed by atoms with Crippen molar-refractivity contribution in [3.05, 3.63) is 29.3 Å². The van der Waals surface area contributed by atoms with Crippen LogP contribution in [-0.4, -0.2) is 30.4 Å². The number of aliphatic hydroxyl groups is 1. The normalized spacial score (nSPS) is 13.1. The predicted octanol–water partition coefficient (Wildman–Crippen LogP) is 1.83. The molecule has 1 aromatic rings. The molecule has 3 N–H and O–H groups in total. The molecule has 19 heavy (non-hydrogen) atoms. The van der Waals surface area contributed by atoms with E-state index in [1.54, 1.807) is 0 Å². The molecule has 0 aromatic heterocycles. The van der Waals surface area contributed by atoms with Crippen LogP contribution in [0.15, 0.2) is 18.2 Å². The van der Waals surface area contributed by atoms with Gasteiger partial charge in [-0.05, 0) is 49.9 Å². The van der Waals surface area contributed by atoms with Gasteiger partial charge in [0.2, 0.25) is 0 Å². The highest BCUT2D eigenvalue weighted by molar-refractivity contribution is 5.36. The number of benzene rings is 1. The number of hydrogen-bond donors (Lipinski definition) is 2. The molecule has 1 unspecified atom stereocenters. The van der Waals surface area contributed by atoms with Crippen LogP contribution in [0.2, 0.25) is 0 Å². The number of aryl methyl sites for hydroxylation is 1. The molecule has 0 aliphatic carbocycles. The molecule has 1 rings (SSSR count). The van der Waals surface area contributed by atoms with Crippen molar-refractivity contribution in [3.63, 3.8) is 0 Å². The van der Waals surface area contributed by atoms with Crippen molar-refractivity contribution in [2.45, 2.75) is 52.7 Å². The molecule has 0 amide bonds. The zero-order chi connectivity index (χ0) is 14.4. The third-order valence-corrected chi connectivity index (χ3v) is 3.19. The molecule has 0 radical (unpaired) electrons. The van der Waals surface area contributed by atoms with Crippen LogP contribution in [-0.2, 0) is 0 Å². The summed E-state index contributed by atoms with van der Waals surface area (Å²) in [6, 6.07) is 6.65. The molecule has 3 heteroatoms. The molecular weight excluding hydrogens is 238 g/mol. The van der Waals surface area contributed by atoms with Crippen molar-refractivity contribution in [1.29, 1.82) is 0 Å². The molecule has 0 spiro atoms. The van der Waals surface area contributed by atoms with E-state index >= 15 is 0 Å². The fourth-order valence-corrected chi connectivity index (χ4v) is 2.08. The van der Waals surface area contributed by atoms with Gasteiger partial charge < -0.3 is 15.2 Å². The zero-order valence-corrected chi connectivity index (χ0v) is 12.8. The van der Waals surface area contributed by atoms with Gasteiger partial charge in [0.15, 0.2) is 0 Å². The predicted molar refractivity (Wildman–Crippen MR) is 78.7 cm³/mol. The lowest BCUT2D eigenvalue weighted by atomic mass is 9.98. The molecule has 0 fully saturated rings. The Balaban J connectivity index is 2.47. The van der Waals surface area contributed by atoms with Crippen LogP contribution in [0.25, 0.3) is 0 Å². The monoisotopic (exact) mass is 266 g/mol. The Bertz CT molecular complexity index is 388. The topological polar surface area (TPSA) is 46.1 Å². The molecule has 3 nitrogen and oxygen atoms in total. The highest BCUT2D eigenvalue weighted by atomic mass is 16.5. The molecule has 0 saturated heterocycles. The Morgan fingerprint density at radius 3 is 2.42 bits per heavy atom. The van der Waals surface area contributed by atoms with E-state index < -0.39 is 6.10 Å². The van der Waals surface area contributed by atoms with Gasteiger partial charge in [-0.25, -0.2) is 0 Å². The molecule has 0 saturated carbocycles. The summed E-state index contributed by atoms with van der Waals surface area (Å²) in [5, 5.41) is 11.9. The van der Waals surface area contributed by atoms with Gasteiger partial charge in [0.05, 0.1) is 6.04 Å². The summed E-state index contributed by atoms with van der Waals surface area (Å²) in [7, 11) is 0. The van der Waals surface area contributed by atoms with Gasteiger partial charge in [0, 0.05) is 0 Å². The van der Waals surface area contributed by atoms with Crippen LogP contribution >= 0.6 is 0 Å². The summed E-state index contributed by atoms with van der Waals surface area (Å²) in [4.78, 5) is 0. The minimum atomic E-state index is -0.424. The summed E-state index contributed by atoms with van der Waals surface area (Å²) in [6.07, 6.45) is -0.424. The van der Waals surface area contributed by atoms with Gasteiger partial charge >= 0.3 is 0 Å². The first-order valence-corrected chi connectivity index (χ1v) is 7.15. The Hall–Kier alpha value is -1.06. The highest BCUT2D eigenvalue weighted by Crippen LogP contribution is 2.23. The quantitative estimate of drug-likeness (QED) is 0.791. The van der Waals surface area contributed by atoms with E-state index in [0.29, 0.717) is 25.1 Å². The summed E-state index contributed by atoms with van der Waals surface area (Å²) >= 11 is 0. The largest absolute Gasteiger partial charge is 0.491 e. The van der Waals surface area contributed by atoms with Crippen LogP contribution in [0.4, 0.5) is 0 Å². The van der Waals surface area contributed by atoms with Crippen LogP contribution in [0.1, 0.15) is 44.7 Å². The first kappa shape index (κ1) is 16.0. The van der Waals surface area contributed by atoms with E-state index in [1.165, 1.54) is 11.1 Å². The van der Waals surface area contributed by atoms with E-state index in [2.05, 4.69) is 46.0 Å². The van der Waals surface area contributed by atoms with Gasteiger partial charge in [-0.15, -0.1) is 0 Å². The second kappa shape index (κ2) is 7.51. The van der Waals surface area contributed by atoms with Crippen molar-refractivity contribution in [1.82, 2.24) is 0 Å². The number of hydrogen-bond acceptors (Lipinski definition) is 2. The minimum Gasteiger partial charge on any atom is -0.491 e. The maximum absolute atomic E-state index is 9.82. The van der Waals surface area contributed by atoms with Gasteiger partial charge in [-0.3, -0.25) is 0 Å². The van der Waals surface area contributed by atoms with Gasteiger partial charge in [-0.2, -0.15) is 0 Å². The molecule has 0 aliphatic heterocycles. The molecule has 108 valence electrons. The molecule has 1 aromatic carbocycles. The van der Waals surface area contributed by atoms with Crippen molar-refractivity contribution >= 4 is 0 Å². The summed E-state index contributed by atoms with van der Waals surface area (Å²) in [5.41, 5.74) is 2.59. The lowest BCUT2D eigenvalue weighted by Gasteiger charge is -2.15. The van der Waals surface area contributed by atoms with Crippen LogP contribution in [0, 0.1) is 6.92 Å². The number of rotatable bonds is 7. The van der Waals surface area contributed by atoms with E-state index in [-0.39, 0.29) is 0 Å². The average molecular weight is 266 g/mol. The molecule has 1 atom stereocenters. The highest BCUT2D eigenvalue weighted by Gasteiger charge is 2.10. The fourth-order valence-electron chi connectivity index (χ4n) is 2.08. The molecule has 0 heterocycles. The second-order valence-electron chi connectivity index (χ2n) is 5.85. The Labute approximate surface area is 117 Å². The standard InChI is InChI=1S/C16H27NO2/c1-11(2)16-7-6-15(8-13(16)5)19-10-14(18)9-17-12(3)4/h6-8,11-12,14,17-18H,9-10H2,1-5H3/p+1. The first-order valence-electron chi connectivity index (χ1n) is 7.15. The Morgan fingerprint density at radius 2 is 1.89 bits per heavy atom. The van der Waals surface area contributed by atoms with Crippen LogP contribution < -0.4 is 10.1 Å². The molecular formula is C16H28NO2+. The zero-order valence-electron chi connectivity index (χ0n) is 12.8. The second-order valence-corrected chi connectivity index (χ2v) is 5.85. The maximum Gasteiger partial charge on any atom is 0.137 e. The van der Waals surface area contributed by atoms with Crippen LogP contribution in [0.5, 0.6) is 5.75 Å². The van der Waals surface area contributed by atoms with E-state index in [1.807, 2.05) is 12.1 Å². The van der Waals surface area contributed by atoms with Crippen molar-refractivity contribution in [3.8, 4) is 5.75 Å². The van der Waals surface area contributed by atoms with Crippen molar-refractivity contribution < 1.29 is 15.2 Å². The van der Waals surface area contributed by atoms with E-state index in [4.69, 9.17) is 4.74 Å². The molecule has 0 aliphatic rings. The third-order valence-electron chi connectivity index (χ3n) is 3.19. The van der Waals surface area contributed by atoms with Gasteiger partial charge in [-0.1, -0.05) is 19.9 Å². The lowest BCUT2D eigenvalue weighted by Crippen LogP contribution is -2.90. The molecule has 0 bridgehead atoms. The smallest absolute Gasteiger partial charge is 0.137 e. The average Bonchev–Trinajstić information content (AvgIpc) is 2.33. The lowest BCUT2D eigenvalue weighted by molar-refractivity contribution is -0.688. The van der Waals surface area contributed by atoms with E-state index in [9.17, 15) is 5.11 Å². The number of quaternary nitrogens is 1. The van der Waals surface area contributed by atoms with Crippen molar-refractivity contribution in [2.24, 2.45) is 0 Å². The number of nitrogens with two attached hydrogens (primary N) is 1. The van der Waals surface area contributed by atoms with E-state index in [0.717, 1.165) is 5.75 Å². The van der Waals surface area contributed by atoms with Crippen LogP contribution in [0.3, 0.4) is 0 Å². The summed E-state index contributed by atoms with van der Waals surface area (Å²) in [6.45, 7) is 11.7. The third kappa shape index (κ3) is 5.62. The maximum atomic E-state index is 9.82. The number of ether oxygens (including phenoxy) is 1. The van der Waals surface area contributed by atoms with Gasteiger partial charge in [0.1, 0.15) is 25.0 Å². The SMILES string of the molecule is Cc1cc(OCC(O)C[NH2+]C(C)C)ccc1C(C)C. The van der Waals surface area contributed by atoms with Gasteiger partial charge in [0.25, 0.3) is 0 Å². The summed E-state index contributed by atoms with van der Waals surface area (Å²) < 4.78 is 5.65.